The predicted octanol–water partition coefficient (Wildman–Crippen LogP) is 1.84. The van der Waals surface area contributed by atoms with E-state index in [4.69, 9.17) is 4.42 Å². The van der Waals surface area contributed by atoms with Crippen LogP contribution in [0, 0.1) is 5.92 Å². The van der Waals surface area contributed by atoms with E-state index in [-0.39, 0.29) is 17.6 Å². The summed E-state index contributed by atoms with van der Waals surface area (Å²) in [4.78, 5) is 25.2. The van der Waals surface area contributed by atoms with Crippen LogP contribution in [0.15, 0.2) is 40.6 Å². The summed E-state index contributed by atoms with van der Waals surface area (Å²) in [7, 11) is 0. The van der Waals surface area contributed by atoms with Crippen molar-refractivity contribution in [3.63, 3.8) is 0 Å². The number of benzene rings is 1. The number of fused-ring (bicyclic) bond motifs is 2. The summed E-state index contributed by atoms with van der Waals surface area (Å²) in [5.41, 5.74) is 2.15. The Balaban J connectivity index is 1.80. The Bertz CT molecular complexity index is 863. The third-order valence-electron chi connectivity index (χ3n) is 4.73. The maximum Gasteiger partial charge on any atom is 0.352 e. The molecule has 0 spiro atoms. The standard InChI is InChI=1S/C17H15NO5/c1-8(19)14-12-7-11(15(17(21)22)18(12)16(14)20)9-2-3-13-10(6-9)4-5-23-13/h2-6,8,12,14,19H,7H2,1H3,(H,21,22)/t8-,12-,14-/m1/s1. The summed E-state index contributed by atoms with van der Waals surface area (Å²) in [6, 6.07) is 7.00. The molecule has 2 aromatic rings. The highest BCUT2D eigenvalue weighted by Gasteiger charge is 2.56. The first-order valence-corrected chi connectivity index (χ1v) is 7.44. The minimum Gasteiger partial charge on any atom is -0.477 e. The first-order chi connectivity index (χ1) is 11.0. The normalized spacial score (nSPS) is 24.8. The van der Waals surface area contributed by atoms with Crippen molar-refractivity contribution in [1.82, 2.24) is 4.90 Å². The maximum absolute atomic E-state index is 12.2. The molecule has 23 heavy (non-hydrogen) atoms. The van der Waals surface area contributed by atoms with Crippen molar-refractivity contribution < 1.29 is 24.2 Å². The van der Waals surface area contributed by atoms with E-state index in [2.05, 4.69) is 0 Å². The summed E-state index contributed by atoms with van der Waals surface area (Å²) >= 11 is 0. The van der Waals surface area contributed by atoms with E-state index in [9.17, 15) is 19.8 Å². The van der Waals surface area contributed by atoms with E-state index >= 15 is 0 Å². The van der Waals surface area contributed by atoms with Gasteiger partial charge in [0.05, 0.1) is 24.3 Å². The lowest BCUT2D eigenvalue weighted by molar-refractivity contribution is -0.161. The summed E-state index contributed by atoms with van der Waals surface area (Å²) < 4.78 is 5.30. The Morgan fingerprint density at radius 3 is 2.87 bits per heavy atom. The number of amides is 1. The lowest BCUT2D eigenvalue weighted by Gasteiger charge is -2.44. The number of nitrogens with zero attached hydrogens (tertiary/aromatic N) is 1. The average Bonchev–Trinajstić information content (AvgIpc) is 3.07. The number of carbonyl (C=O) groups is 2. The number of aliphatic hydroxyl groups excluding tert-OH is 1. The molecular formula is C17H15NO5. The molecule has 6 nitrogen and oxygen atoms in total. The molecule has 6 heteroatoms. The molecule has 4 rings (SSSR count). The summed E-state index contributed by atoms with van der Waals surface area (Å²) in [6.45, 7) is 1.57. The Labute approximate surface area is 131 Å². The molecule has 2 aliphatic heterocycles. The van der Waals surface area contributed by atoms with Crippen molar-refractivity contribution >= 4 is 28.4 Å². The highest BCUT2D eigenvalue weighted by molar-refractivity contribution is 6.06. The lowest BCUT2D eigenvalue weighted by atomic mass is 9.82. The molecule has 1 saturated heterocycles. The van der Waals surface area contributed by atoms with Gasteiger partial charge in [0.1, 0.15) is 11.3 Å². The van der Waals surface area contributed by atoms with Gasteiger partial charge in [-0.2, -0.15) is 0 Å². The first-order valence-electron chi connectivity index (χ1n) is 7.44. The molecule has 0 unspecified atom stereocenters. The number of carboxylic acids is 1. The monoisotopic (exact) mass is 313 g/mol. The fourth-order valence-corrected chi connectivity index (χ4v) is 3.68. The average molecular weight is 313 g/mol. The SMILES string of the molecule is C[C@@H](O)[C@H]1C(=O)N2C(C(=O)O)=C(c3ccc4occc4c3)C[C@H]12. The number of hydrogen-bond donors (Lipinski definition) is 2. The van der Waals surface area contributed by atoms with Gasteiger partial charge in [0.25, 0.3) is 0 Å². The second-order valence-corrected chi connectivity index (χ2v) is 6.05. The third-order valence-corrected chi connectivity index (χ3v) is 4.73. The van der Waals surface area contributed by atoms with Crippen molar-refractivity contribution in [3.05, 3.63) is 41.8 Å². The van der Waals surface area contributed by atoms with Crippen LogP contribution in [-0.4, -0.2) is 39.1 Å². The molecule has 118 valence electrons. The summed E-state index contributed by atoms with van der Waals surface area (Å²) in [5, 5.41) is 20.2. The van der Waals surface area contributed by atoms with E-state index in [1.54, 1.807) is 25.3 Å². The van der Waals surface area contributed by atoms with Crippen LogP contribution in [0.4, 0.5) is 0 Å². The molecule has 1 fully saturated rings. The number of furan rings is 1. The number of rotatable bonds is 3. The molecule has 1 aromatic heterocycles. The Hall–Kier alpha value is -2.60. The van der Waals surface area contributed by atoms with Crippen molar-refractivity contribution in [3.8, 4) is 0 Å². The fourth-order valence-electron chi connectivity index (χ4n) is 3.68. The smallest absolute Gasteiger partial charge is 0.352 e. The highest BCUT2D eigenvalue weighted by atomic mass is 16.4. The minimum absolute atomic E-state index is 0.0275. The van der Waals surface area contributed by atoms with Gasteiger partial charge < -0.3 is 19.5 Å². The molecule has 1 amide bonds. The van der Waals surface area contributed by atoms with Crippen molar-refractivity contribution in [2.45, 2.75) is 25.5 Å². The summed E-state index contributed by atoms with van der Waals surface area (Å²) in [6.07, 6.45) is 1.23. The number of hydrogen-bond acceptors (Lipinski definition) is 4. The van der Waals surface area contributed by atoms with Crippen LogP contribution in [0.5, 0.6) is 0 Å². The van der Waals surface area contributed by atoms with Crippen LogP contribution in [-0.2, 0) is 9.59 Å². The molecule has 3 atom stereocenters. The minimum atomic E-state index is -1.12. The van der Waals surface area contributed by atoms with Crippen molar-refractivity contribution in [2.24, 2.45) is 5.92 Å². The van der Waals surface area contributed by atoms with Crippen LogP contribution < -0.4 is 0 Å². The first kappa shape index (κ1) is 14.0. The molecule has 0 bridgehead atoms. The zero-order chi connectivity index (χ0) is 16.3. The molecule has 2 aliphatic rings. The van der Waals surface area contributed by atoms with Crippen molar-refractivity contribution in [1.29, 1.82) is 0 Å². The van der Waals surface area contributed by atoms with Gasteiger partial charge in [0.2, 0.25) is 5.91 Å². The van der Waals surface area contributed by atoms with E-state index in [0.29, 0.717) is 12.0 Å². The molecule has 0 radical (unpaired) electrons. The van der Waals surface area contributed by atoms with Crippen LogP contribution >= 0.6 is 0 Å². The molecular weight excluding hydrogens is 298 g/mol. The molecule has 2 N–H and O–H groups in total. The highest BCUT2D eigenvalue weighted by Crippen LogP contribution is 2.47. The third kappa shape index (κ3) is 1.85. The number of carboxylic acid groups (broad SMARTS) is 1. The second kappa shape index (κ2) is 4.70. The largest absolute Gasteiger partial charge is 0.477 e. The van der Waals surface area contributed by atoms with Crippen LogP contribution in [0.1, 0.15) is 18.9 Å². The Morgan fingerprint density at radius 2 is 2.17 bits per heavy atom. The van der Waals surface area contributed by atoms with Crippen LogP contribution in [0.3, 0.4) is 0 Å². The summed E-state index contributed by atoms with van der Waals surface area (Å²) in [5.74, 6) is -1.96. The zero-order valence-corrected chi connectivity index (χ0v) is 12.4. The van der Waals surface area contributed by atoms with E-state index < -0.39 is 18.0 Å². The number of aliphatic hydroxyl groups is 1. The van der Waals surface area contributed by atoms with Crippen LogP contribution in [0.2, 0.25) is 0 Å². The van der Waals surface area contributed by atoms with Gasteiger partial charge >= 0.3 is 5.97 Å². The number of carbonyl (C=O) groups excluding carboxylic acids is 1. The molecule has 0 saturated carbocycles. The zero-order valence-electron chi connectivity index (χ0n) is 12.4. The van der Waals surface area contributed by atoms with E-state index in [1.165, 1.54) is 4.90 Å². The Morgan fingerprint density at radius 1 is 1.39 bits per heavy atom. The topological polar surface area (TPSA) is 91.0 Å². The molecule has 1 aromatic carbocycles. The predicted molar refractivity (Wildman–Crippen MR) is 81.2 cm³/mol. The Kier molecular flexibility index (Phi) is 2.86. The molecule has 0 aliphatic carbocycles. The van der Waals surface area contributed by atoms with Gasteiger partial charge in [-0.25, -0.2) is 4.79 Å². The van der Waals surface area contributed by atoms with Crippen molar-refractivity contribution in [2.75, 3.05) is 0 Å². The lowest BCUT2D eigenvalue weighted by Crippen LogP contribution is -2.61. The van der Waals surface area contributed by atoms with E-state index in [0.717, 1.165) is 16.5 Å². The van der Waals surface area contributed by atoms with Gasteiger partial charge in [0, 0.05) is 5.39 Å². The quantitative estimate of drug-likeness (QED) is 0.844. The van der Waals surface area contributed by atoms with Crippen LogP contribution in [0.25, 0.3) is 16.5 Å². The number of aliphatic carboxylic acids is 1. The molecule has 3 heterocycles. The van der Waals surface area contributed by atoms with E-state index in [1.807, 2.05) is 12.1 Å². The van der Waals surface area contributed by atoms with Gasteiger partial charge in [-0.15, -0.1) is 0 Å². The van der Waals surface area contributed by atoms with Gasteiger partial charge in [-0.3, -0.25) is 4.79 Å². The van der Waals surface area contributed by atoms with Gasteiger partial charge in [-0.1, -0.05) is 6.07 Å². The second-order valence-electron chi connectivity index (χ2n) is 6.05. The van der Waals surface area contributed by atoms with Gasteiger partial charge in [-0.05, 0) is 42.7 Å². The number of β-lactam (4-membered cyclic amide) rings is 1. The maximum atomic E-state index is 12.2. The fraction of sp³-hybridized carbons (Fsp3) is 0.294. The van der Waals surface area contributed by atoms with Gasteiger partial charge in [0.15, 0.2) is 0 Å².